The zero-order valence-corrected chi connectivity index (χ0v) is 14.6. The van der Waals surface area contributed by atoms with E-state index < -0.39 is 4.48 Å². The lowest BCUT2D eigenvalue weighted by Crippen LogP contribution is -2.63. The number of imide groups is 1. The van der Waals surface area contributed by atoms with Gasteiger partial charge in [0.1, 0.15) is 0 Å². The maximum atomic E-state index is 13.3. The SMILES string of the molecule is Cc1ccc2cccc([N+]3(C)C(=O)c4ncn(C)c4N(C)C3=O)c2c1. The van der Waals surface area contributed by atoms with Gasteiger partial charge in [-0.25, -0.2) is 19.5 Å². The molecule has 0 saturated heterocycles. The van der Waals surface area contributed by atoms with Crippen LogP contribution >= 0.6 is 0 Å². The van der Waals surface area contributed by atoms with E-state index in [1.54, 1.807) is 32.0 Å². The van der Waals surface area contributed by atoms with Crippen LogP contribution in [0.1, 0.15) is 16.1 Å². The molecule has 6 heteroatoms. The molecule has 0 N–H and O–H groups in total. The second-order valence-electron chi connectivity index (χ2n) is 6.68. The summed E-state index contributed by atoms with van der Waals surface area (Å²) in [5, 5.41) is 1.90. The van der Waals surface area contributed by atoms with E-state index in [1.807, 2.05) is 43.3 Å². The van der Waals surface area contributed by atoms with E-state index in [2.05, 4.69) is 4.98 Å². The fraction of sp³-hybridized carbons (Fsp3) is 0.211. The van der Waals surface area contributed by atoms with Crippen LogP contribution < -0.4 is 9.38 Å². The van der Waals surface area contributed by atoms with E-state index in [1.165, 1.54) is 4.90 Å². The highest BCUT2D eigenvalue weighted by Crippen LogP contribution is 2.38. The first-order valence-electron chi connectivity index (χ1n) is 8.06. The summed E-state index contributed by atoms with van der Waals surface area (Å²) in [4.78, 5) is 32.3. The number of imidazole rings is 1. The van der Waals surface area contributed by atoms with Crippen LogP contribution in [0.4, 0.5) is 16.3 Å². The molecule has 4 rings (SSSR count). The molecular weight excluding hydrogens is 316 g/mol. The Morgan fingerprint density at radius 1 is 1.08 bits per heavy atom. The lowest BCUT2D eigenvalue weighted by Gasteiger charge is -2.35. The van der Waals surface area contributed by atoms with Gasteiger partial charge >= 0.3 is 11.9 Å². The summed E-state index contributed by atoms with van der Waals surface area (Å²) in [7, 11) is 5.11. The van der Waals surface area contributed by atoms with E-state index >= 15 is 0 Å². The Bertz CT molecular complexity index is 1050. The molecule has 0 bridgehead atoms. The van der Waals surface area contributed by atoms with E-state index in [4.69, 9.17) is 0 Å². The first-order valence-corrected chi connectivity index (χ1v) is 8.06. The molecule has 3 amide bonds. The number of hydrogen-bond donors (Lipinski definition) is 0. The van der Waals surface area contributed by atoms with Crippen LogP contribution in [0.15, 0.2) is 42.7 Å². The summed E-state index contributed by atoms with van der Waals surface area (Å²) < 4.78 is 1.24. The minimum Gasteiger partial charge on any atom is -0.319 e. The predicted molar refractivity (Wildman–Crippen MR) is 97.7 cm³/mol. The summed E-state index contributed by atoms with van der Waals surface area (Å²) >= 11 is 0. The van der Waals surface area contributed by atoms with Gasteiger partial charge in [0.05, 0.1) is 13.4 Å². The average Bonchev–Trinajstić information content (AvgIpc) is 2.99. The first-order chi connectivity index (χ1) is 11.9. The van der Waals surface area contributed by atoms with Crippen molar-refractivity contribution < 1.29 is 9.59 Å². The van der Waals surface area contributed by atoms with Crippen molar-refractivity contribution in [1.82, 2.24) is 14.0 Å². The minimum absolute atomic E-state index is 0.296. The molecule has 126 valence electrons. The Morgan fingerprint density at radius 2 is 1.84 bits per heavy atom. The average molecular weight is 335 g/mol. The molecule has 0 fully saturated rings. The molecule has 1 aliphatic rings. The fourth-order valence-corrected chi connectivity index (χ4v) is 3.63. The third-order valence-electron chi connectivity index (χ3n) is 5.00. The standard InChI is InChI=1S/C19H19N4O2/c1-12-8-9-13-6-5-7-15(14(13)10-12)23(4)18(24)16-17(21(2)11-20-16)22(3)19(23)25/h5-11H,1-4H3/q+1. The molecule has 0 aliphatic carbocycles. The van der Waals surface area contributed by atoms with E-state index in [-0.39, 0.29) is 11.9 Å². The zero-order valence-electron chi connectivity index (χ0n) is 14.6. The molecule has 2 aromatic carbocycles. The third kappa shape index (κ3) is 1.91. The highest BCUT2D eigenvalue weighted by atomic mass is 16.2. The second-order valence-corrected chi connectivity index (χ2v) is 6.68. The van der Waals surface area contributed by atoms with Gasteiger partial charge in [0.2, 0.25) is 5.69 Å². The quantitative estimate of drug-likeness (QED) is 0.642. The van der Waals surface area contributed by atoms with Crippen LogP contribution in [-0.4, -0.2) is 35.6 Å². The molecule has 6 nitrogen and oxygen atoms in total. The van der Waals surface area contributed by atoms with Crippen molar-refractivity contribution in [1.29, 1.82) is 0 Å². The number of urea groups is 1. The predicted octanol–water partition coefficient (Wildman–Crippen LogP) is 3.23. The van der Waals surface area contributed by atoms with Crippen molar-refractivity contribution in [2.24, 2.45) is 7.05 Å². The number of fused-ring (bicyclic) bond motifs is 2. The van der Waals surface area contributed by atoms with E-state index in [0.717, 1.165) is 16.3 Å². The van der Waals surface area contributed by atoms with Crippen LogP contribution in [0, 0.1) is 6.92 Å². The number of amides is 3. The summed E-state index contributed by atoms with van der Waals surface area (Å²) in [6, 6.07) is 11.5. The summed E-state index contributed by atoms with van der Waals surface area (Å²) in [5.74, 6) is 0.217. The molecule has 1 atom stereocenters. The van der Waals surface area contributed by atoms with Crippen LogP contribution in [0.5, 0.6) is 0 Å². The number of aryl methyl sites for hydroxylation is 2. The van der Waals surface area contributed by atoms with Gasteiger partial charge in [0, 0.05) is 25.5 Å². The maximum Gasteiger partial charge on any atom is 0.437 e. The highest BCUT2D eigenvalue weighted by molar-refractivity contribution is 6.25. The van der Waals surface area contributed by atoms with Crippen LogP contribution in [0.3, 0.4) is 0 Å². The Morgan fingerprint density at radius 3 is 2.60 bits per heavy atom. The van der Waals surface area contributed by atoms with Gasteiger partial charge < -0.3 is 4.57 Å². The number of anilines is 1. The number of nitrogens with zero attached hydrogens (tertiary/aromatic N) is 4. The topological polar surface area (TPSA) is 55.2 Å². The highest BCUT2D eigenvalue weighted by Gasteiger charge is 2.54. The number of carbonyl (C=O) groups excluding carboxylic acids is 2. The molecule has 3 aromatic rings. The minimum atomic E-state index is -0.457. The summed E-state index contributed by atoms with van der Waals surface area (Å²) in [6.45, 7) is 2.00. The molecule has 0 saturated carbocycles. The van der Waals surface area contributed by atoms with Crippen LogP contribution in [0.25, 0.3) is 10.8 Å². The number of hydrogen-bond acceptors (Lipinski definition) is 3. The molecule has 2 heterocycles. The molecular formula is C19H19N4O2+. The Labute approximate surface area is 145 Å². The van der Waals surface area contributed by atoms with Gasteiger partial charge in [-0.15, -0.1) is 4.48 Å². The Balaban J connectivity index is 2.04. The number of aromatic nitrogens is 2. The maximum absolute atomic E-state index is 13.3. The number of benzene rings is 2. The smallest absolute Gasteiger partial charge is 0.319 e. The van der Waals surface area contributed by atoms with Gasteiger partial charge in [-0.05, 0) is 18.4 Å². The van der Waals surface area contributed by atoms with Crippen molar-refractivity contribution in [3.05, 3.63) is 54.0 Å². The van der Waals surface area contributed by atoms with Crippen molar-refractivity contribution in [3.8, 4) is 0 Å². The van der Waals surface area contributed by atoms with Crippen molar-refractivity contribution in [3.63, 3.8) is 0 Å². The van der Waals surface area contributed by atoms with Crippen molar-refractivity contribution in [2.75, 3.05) is 19.0 Å². The third-order valence-corrected chi connectivity index (χ3v) is 5.00. The fourth-order valence-electron chi connectivity index (χ4n) is 3.63. The molecule has 1 unspecified atom stereocenters. The second kappa shape index (κ2) is 5.00. The summed E-state index contributed by atoms with van der Waals surface area (Å²) in [6.07, 6.45) is 1.56. The summed E-state index contributed by atoms with van der Waals surface area (Å²) in [5.41, 5.74) is 2.06. The normalized spacial score (nSPS) is 20.2. The lowest BCUT2D eigenvalue weighted by molar-refractivity contribution is 0.0828. The molecule has 1 aliphatic heterocycles. The monoisotopic (exact) mass is 335 g/mol. The van der Waals surface area contributed by atoms with Gasteiger partial charge in [-0.3, -0.25) is 0 Å². The molecule has 0 spiro atoms. The van der Waals surface area contributed by atoms with Crippen LogP contribution in [-0.2, 0) is 7.05 Å². The largest absolute Gasteiger partial charge is 0.437 e. The van der Waals surface area contributed by atoms with Gasteiger partial charge in [-0.2, -0.15) is 0 Å². The lowest BCUT2D eigenvalue weighted by atomic mass is 10.0. The van der Waals surface area contributed by atoms with E-state index in [9.17, 15) is 9.59 Å². The molecule has 0 radical (unpaired) electrons. The number of quaternary nitrogens is 1. The van der Waals surface area contributed by atoms with Crippen molar-refractivity contribution >= 4 is 34.2 Å². The van der Waals surface area contributed by atoms with Gasteiger partial charge in [0.15, 0.2) is 11.5 Å². The first kappa shape index (κ1) is 15.5. The molecule has 1 aromatic heterocycles. The Hall–Kier alpha value is -2.99. The Kier molecular flexibility index (Phi) is 3.11. The van der Waals surface area contributed by atoms with Crippen molar-refractivity contribution in [2.45, 2.75) is 6.92 Å². The number of carbonyl (C=O) groups is 2. The molecule has 25 heavy (non-hydrogen) atoms. The van der Waals surface area contributed by atoms with E-state index in [0.29, 0.717) is 17.2 Å². The van der Waals surface area contributed by atoms with Gasteiger partial charge in [-0.1, -0.05) is 29.8 Å². The number of rotatable bonds is 1. The van der Waals surface area contributed by atoms with Crippen LogP contribution in [0.2, 0.25) is 0 Å². The zero-order chi connectivity index (χ0) is 17.9. The van der Waals surface area contributed by atoms with Gasteiger partial charge in [0.25, 0.3) is 0 Å².